The number of unbranched alkanes of at least 4 members (excludes halogenated alkanes) is 1. The van der Waals surface area contributed by atoms with Crippen LogP contribution in [0.1, 0.15) is 46.0 Å². The maximum Gasteiger partial charge on any atom is 0.327 e. The second kappa shape index (κ2) is 17.0. The van der Waals surface area contributed by atoms with Crippen LogP contribution in [-0.4, -0.2) is 77.3 Å². The van der Waals surface area contributed by atoms with Gasteiger partial charge < -0.3 is 32.5 Å². The smallest absolute Gasteiger partial charge is 0.327 e. The summed E-state index contributed by atoms with van der Waals surface area (Å²) in [4.78, 5) is 49.5. The number of thiol groups is 1. The number of amides is 3. The van der Waals surface area contributed by atoms with E-state index in [9.17, 15) is 24.3 Å². The van der Waals surface area contributed by atoms with Gasteiger partial charge in [-0.1, -0.05) is 20.3 Å². The van der Waals surface area contributed by atoms with E-state index in [1.54, 1.807) is 18.7 Å². The van der Waals surface area contributed by atoms with Crippen molar-refractivity contribution in [3.05, 3.63) is 0 Å². The molecule has 0 spiro atoms. The van der Waals surface area contributed by atoms with Crippen LogP contribution >= 0.6 is 24.4 Å². The highest BCUT2D eigenvalue weighted by Gasteiger charge is 2.32. The third kappa shape index (κ3) is 11.4. The number of carboxylic acids is 1. The zero-order valence-corrected chi connectivity index (χ0v) is 20.8. The van der Waals surface area contributed by atoms with E-state index in [0.29, 0.717) is 44.4 Å². The van der Waals surface area contributed by atoms with Crippen LogP contribution in [0.3, 0.4) is 0 Å². The average Bonchev–Trinajstić information content (AvgIpc) is 2.77. The van der Waals surface area contributed by atoms with E-state index in [2.05, 4.69) is 28.6 Å². The van der Waals surface area contributed by atoms with Crippen molar-refractivity contribution in [2.75, 3.05) is 24.3 Å². The standard InChI is InChI=1S/C20H39N5O5S2/c1-4-12(2)16(19(28)24-15(11-31)20(29)30)25-18(27)14(7-5-6-9-21)23-17(26)13(22)8-10-32-3/h12-16,31H,4-11,21-22H2,1-3H3,(H,23,26)(H,24,28)(H,25,27)(H,29,30). The number of rotatable bonds is 17. The number of carbonyl (C=O) groups is 4. The molecule has 5 unspecified atom stereocenters. The van der Waals surface area contributed by atoms with Crippen LogP contribution in [0.25, 0.3) is 0 Å². The van der Waals surface area contributed by atoms with Crippen LogP contribution in [0.5, 0.6) is 0 Å². The fourth-order valence-electron chi connectivity index (χ4n) is 2.82. The molecule has 32 heavy (non-hydrogen) atoms. The molecule has 0 radical (unpaired) electrons. The number of hydrogen-bond donors (Lipinski definition) is 7. The van der Waals surface area contributed by atoms with Gasteiger partial charge in [0.25, 0.3) is 0 Å². The minimum atomic E-state index is -1.21. The first-order valence-corrected chi connectivity index (χ1v) is 12.8. The number of carbonyl (C=O) groups excluding carboxylic acids is 3. The Morgan fingerprint density at radius 2 is 1.62 bits per heavy atom. The van der Waals surface area contributed by atoms with E-state index in [0.717, 1.165) is 0 Å². The quantitative estimate of drug-likeness (QED) is 0.107. The average molecular weight is 494 g/mol. The number of nitrogens with two attached hydrogens (primary N) is 2. The Labute approximate surface area is 200 Å². The second-order valence-electron chi connectivity index (χ2n) is 7.69. The van der Waals surface area contributed by atoms with E-state index >= 15 is 0 Å². The highest BCUT2D eigenvalue weighted by atomic mass is 32.2. The summed E-state index contributed by atoms with van der Waals surface area (Å²) in [7, 11) is 0. The molecular weight excluding hydrogens is 454 g/mol. The van der Waals surface area contributed by atoms with Crippen LogP contribution in [0.4, 0.5) is 0 Å². The molecule has 12 heteroatoms. The molecule has 0 saturated heterocycles. The second-order valence-corrected chi connectivity index (χ2v) is 9.04. The maximum absolute atomic E-state index is 13.0. The Hall–Kier alpha value is -1.50. The fraction of sp³-hybridized carbons (Fsp3) is 0.800. The van der Waals surface area contributed by atoms with Crippen molar-refractivity contribution >= 4 is 48.1 Å². The van der Waals surface area contributed by atoms with Crippen LogP contribution in [0.15, 0.2) is 0 Å². The summed E-state index contributed by atoms with van der Waals surface area (Å²) < 4.78 is 0. The van der Waals surface area contributed by atoms with Crippen LogP contribution in [0, 0.1) is 5.92 Å². The van der Waals surface area contributed by atoms with E-state index in [1.165, 1.54) is 0 Å². The van der Waals surface area contributed by atoms with Gasteiger partial charge in [0.2, 0.25) is 17.7 Å². The van der Waals surface area contributed by atoms with E-state index in [1.807, 2.05) is 13.2 Å². The first-order valence-electron chi connectivity index (χ1n) is 10.8. The van der Waals surface area contributed by atoms with Crippen LogP contribution in [-0.2, 0) is 19.2 Å². The molecule has 0 saturated carbocycles. The minimum Gasteiger partial charge on any atom is -0.480 e. The summed E-state index contributed by atoms with van der Waals surface area (Å²) in [6.45, 7) is 4.09. The highest BCUT2D eigenvalue weighted by Crippen LogP contribution is 2.11. The van der Waals surface area contributed by atoms with Crippen molar-refractivity contribution in [3.8, 4) is 0 Å². The van der Waals surface area contributed by atoms with Gasteiger partial charge in [-0.05, 0) is 50.2 Å². The number of carboxylic acid groups (broad SMARTS) is 1. The van der Waals surface area contributed by atoms with Crippen molar-refractivity contribution in [2.24, 2.45) is 17.4 Å². The van der Waals surface area contributed by atoms with Gasteiger partial charge >= 0.3 is 5.97 Å². The molecule has 5 atom stereocenters. The van der Waals surface area contributed by atoms with Crippen molar-refractivity contribution in [1.82, 2.24) is 16.0 Å². The molecule has 0 aliphatic rings. The summed E-state index contributed by atoms with van der Waals surface area (Å²) in [6.07, 6.45) is 4.58. The molecule has 0 heterocycles. The Morgan fingerprint density at radius 3 is 2.12 bits per heavy atom. The van der Waals surface area contributed by atoms with Gasteiger partial charge in [0, 0.05) is 5.75 Å². The molecule has 10 nitrogen and oxygen atoms in total. The third-order valence-electron chi connectivity index (χ3n) is 5.14. The van der Waals surface area contributed by atoms with Gasteiger partial charge in [0.1, 0.15) is 18.1 Å². The van der Waals surface area contributed by atoms with E-state index in [4.69, 9.17) is 11.5 Å². The summed E-state index contributed by atoms with van der Waals surface area (Å²) in [5, 5.41) is 17.0. The van der Waals surface area contributed by atoms with Crippen molar-refractivity contribution < 1.29 is 24.3 Å². The fourth-order valence-corrected chi connectivity index (χ4v) is 3.56. The molecule has 0 bridgehead atoms. The lowest BCUT2D eigenvalue weighted by Crippen LogP contribution is -2.58. The van der Waals surface area contributed by atoms with Crippen molar-refractivity contribution in [2.45, 2.75) is 70.1 Å². The first-order chi connectivity index (χ1) is 15.1. The van der Waals surface area contributed by atoms with Gasteiger partial charge in [-0.2, -0.15) is 24.4 Å². The molecule has 0 aliphatic carbocycles. The molecule has 8 N–H and O–H groups in total. The molecule has 3 amide bonds. The normalized spacial score (nSPS) is 15.7. The zero-order valence-electron chi connectivity index (χ0n) is 19.1. The predicted molar refractivity (Wildman–Crippen MR) is 131 cm³/mol. The lowest BCUT2D eigenvalue weighted by atomic mass is 9.97. The van der Waals surface area contributed by atoms with E-state index in [-0.39, 0.29) is 11.7 Å². The molecule has 0 rings (SSSR count). The molecule has 0 fully saturated rings. The monoisotopic (exact) mass is 493 g/mol. The number of thioether (sulfide) groups is 1. The Balaban J connectivity index is 5.41. The molecule has 186 valence electrons. The molecule has 0 aromatic heterocycles. The Kier molecular flexibility index (Phi) is 16.2. The Morgan fingerprint density at radius 1 is 1.00 bits per heavy atom. The summed E-state index contributed by atoms with van der Waals surface area (Å²) in [6, 6.07) is -3.77. The Bertz CT molecular complexity index is 611. The predicted octanol–water partition coefficient (Wildman–Crippen LogP) is -0.289. The van der Waals surface area contributed by atoms with E-state index < -0.39 is 47.9 Å². The summed E-state index contributed by atoms with van der Waals surface area (Å²) >= 11 is 5.52. The van der Waals surface area contributed by atoms with Gasteiger partial charge in [0.05, 0.1) is 6.04 Å². The summed E-state index contributed by atoms with van der Waals surface area (Å²) in [5.41, 5.74) is 11.5. The number of nitrogens with one attached hydrogen (secondary N) is 3. The SMILES string of the molecule is CCC(C)C(NC(=O)C(CCCCN)NC(=O)C(N)CCSC)C(=O)NC(CS)C(=O)O. The molecule has 0 aliphatic heterocycles. The topological polar surface area (TPSA) is 177 Å². The zero-order chi connectivity index (χ0) is 24.7. The highest BCUT2D eigenvalue weighted by molar-refractivity contribution is 7.98. The maximum atomic E-state index is 13.0. The van der Waals surface area contributed by atoms with Crippen LogP contribution in [0.2, 0.25) is 0 Å². The van der Waals surface area contributed by atoms with Crippen molar-refractivity contribution in [1.29, 1.82) is 0 Å². The largest absolute Gasteiger partial charge is 0.480 e. The van der Waals surface area contributed by atoms with Gasteiger partial charge in [-0.25, -0.2) is 4.79 Å². The van der Waals surface area contributed by atoms with Crippen LogP contribution < -0.4 is 27.4 Å². The third-order valence-corrected chi connectivity index (χ3v) is 6.15. The minimum absolute atomic E-state index is 0.0893. The molecule has 0 aromatic rings. The van der Waals surface area contributed by atoms with Gasteiger partial charge in [0.15, 0.2) is 0 Å². The molecule has 0 aromatic carbocycles. The first kappa shape index (κ1) is 30.5. The number of aliphatic carboxylic acids is 1. The number of hydrogen-bond acceptors (Lipinski definition) is 8. The molecular formula is C20H39N5O5S2. The summed E-state index contributed by atoms with van der Waals surface area (Å²) in [5.74, 6) is -2.43. The lowest BCUT2D eigenvalue weighted by Gasteiger charge is -2.28. The van der Waals surface area contributed by atoms with Crippen molar-refractivity contribution in [3.63, 3.8) is 0 Å². The van der Waals surface area contributed by atoms with Gasteiger partial charge in [-0.15, -0.1) is 0 Å². The lowest BCUT2D eigenvalue weighted by molar-refractivity contribution is -0.142. The van der Waals surface area contributed by atoms with Gasteiger partial charge in [-0.3, -0.25) is 14.4 Å².